The zero-order valence-electron chi connectivity index (χ0n) is 17.0. The highest BCUT2D eigenvalue weighted by molar-refractivity contribution is 7.98. The van der Waals surface area contributed by atoms with Crippen LogP contribution in [0.5, 0.6) is 5.75 Å². The van der Waals surface area contributed by atoms with Crippen LogP contribution < -0.4 is 4.74 Å². The predicted octanol–water partition coefficient (Wildman–Crippen LogP) is 6.86. The summed E-state index contributed by atoms with van der Waals surface area (Å²) in [5.74, 6) is 2.43. The summed E-state index contributed by atoms with van der Waals surface area (Å²) in [5.41, 5.74) is 3.25. The van der Waals surface area contributed by atoms with Gasteiger partial charge in [0.25, 0.3) is 0 Å². The van der Waals surface area contributed by atoms with Gasteiger partial charge in [0, 0.05) is 17.9 Å². The molecule has 0 aliphatic rings. The van der Waals surface area contributed by atoms with Gasteiger partial charge in [-0.3, -0.25) is 4.57 Å². The number of rotatable bonds is 8. The number of aromatic nitrogens is 3. The lowest BCUT2D eigenvalue weighted by atomic mass is 10.1. The molecule has 0 spiro atoms. The van der Waals surface area contributed by atoms with Crippen molar-refractivity contribution < 1.29 is 4.74 Å². The molecule has 0 aliphatic heterocycles. The molecule has 0 radical (unpaired) electrons. The van der Waals surface area contributed by atoms with Gasteiger partial charge in [-0.2, -0.15) is 0 Å². The van der Waals surface area contributed by atoms with Crippen LogP contribution in [0.4, 0.5) is 0 Å². The molecule has 3 aromatic carbocycles. The molecule has 0 aliphatic carbocycles. The number of hydrogen-bond acceptors (Lipinski definition) is 4. The van der Waals surface area contributed by atoms with Crippen molar-refractivity contribution in [2.75, 3.05) is 6.61 Å². The Morgan fingerprint density at radius 3 is 2.35 bits per heavy atom. The van der Waals surface area contributed by atoms with E-state index in [0.717, 1.165) is 28.0 Å². The van der Waals surface area contributed by atoms with Gasteiger partial charge in [-0.15, -0.1) is 10.2 Å². The molecule has 0 bridgehead atoms. The van der Waals surface area contributed by atoms with E-state index in [1.54, 1.807) is 11.8 Å². The fourth-order valence-corrected chi connectivity index (χ4v) is 4.42. The molecule has 0 atom stereocenters. The standard InChI is InChI=1S/C24H21Cl2N3OS/c1-2-30-20-11-9-19(10-12-20)29-23(15-17-6-4-3-5-7-17)27-28-24(29)31-16-18-8-13-21(25)22(26)14-18/h3-14H,2,15-16H2,1H3. The highest BCUT2D eigenvalue weighted by Gasteiger charge is 2.16. The van der Waals surface area contributed by atoms with Crippen LogP contribution in [0.3, 0.4) is 0 Å². The molecule has 0 saturated heterocycles. The first-order valence-electron chi connectivity index (χ1n) is 9.92. The highest BCUT2D eigenvalue weighted by Crippen LogP contribution is 2.29. The predicted molar refractivity (Wildman–Crippen MR) is 128 cm³/mol. The van der Waals surface area contributed by atoms with Crippen molar-refractivity contribution in [3.63, 3.8) is 0 Å². The second kappa shape index (κ2) is 10.2. The Morgan fingerprint density at radius 1 is 0.871 bits per heavy atom. The maximum Gasteiger partial charge on any atom is 0.196 e. The van der Waals surface area contributed by atoms with E-state index in [0.29, 0.717) is 28.8 Å². The van der Waals surface area contributed by atoms with Gasteiger partial charge in [0.15, 0.2) is 5.16 Å². The van der Waals surface area contributed by atoms with Crippen LogP contribution >= 0.6 is 35.0 Å². The van der Waals surface area contributed by atoms with Crippen LogP contribution in [-0.2, 0) is 12.2 Å². The second-order valence-corrected chi connectivity index (χ2v) is 8.62. The van der Waals surface area contributed by atoms with Crippen molar-refractivity contribution in [1.82, 2.24) is 14.8 Å². The Kier molecular flexibility index (Phi) is 7.17. The number of halogens is 2. The lowest BCUT2D eigenvalue weighted by Crippen LogP contribution is -2.04. The van der Waals surface area contributed by atoms with Crippen LogP contribution in [0.1, 0.15) is 23.9 Å². The van der Waals surface area contributed by atoms with Gasteiger partial charge in [0.1, 0.15) is 11.6 Å². The normalized spacial score (nSPS) is 10.9. The van der Waals surface area contributed by atoms with E-state index in [9.17, 15) is 0 Å². The summed E-state index contributed by atoms with van der Waals surface area (Å²) in [6.07, 6.45) is 0.689. The molecule has 0 amide bonds. The summed E-state index contributed by atoms with van der Waals surface area (Å²) in [6, 6.07) is 24.0. The third-order valence-corrected chi connectivity index (χ3v) is 6.40. The fraction of sp³-hybridized carbons (Fsp3) is 0.167. The van der Waals surface area contributed by atoms with E-state index >= 15 is 0 Å². The summed E-state index contributed by atoms with van der Waals surface area (Å²) < 4.78 is 7.69. The Hall–Kier alpha value is -2.47. The lowest BCUT2D eigenvalue weighted by Gasteiger charge is -2.12. The van der Waals surface area contributed by atoms with Gasteiger partial charge >= 0.3 is 0 Å². The molecule has 1 heterocycles. The maximum absolute atomic E-state index is 6.17. The highest BCUT2D eigenvalue weighted by atomic mass is 35.5. The monoisotopic (exact) mass is 469 g/mol. The van der Waals surface area contributed by atoms with E-state index in [-0.39, 0.29) is 0 Å². The largest absolute Gasteiger partial charge is 0.494 e. The quantitative estimate of drug-likeness (QED) is 0.264. The first kappa shape index (κ1) is 21.8. The van der Waals surface area contributed by atoms with Crippen LogP contribution in [0.15, 0.2) is 78.0 Å². The molecule has 0 fully saturated rings. The average Bonchev–Trinajstić information content (AvgIpc) is 3.18. The van der Waals surface area contributed by atoms with E-state index in [4.69, 9.17) is 27.9 Å². The Morgan fingerprint density at radius 2 is 1.65 bits per heavy atom. The summed E-state index contributed by atoms with van der Waals surface area (Å²) in [6.45, 7) is 2.61. The van der Waals surface area contributed by atoms with Gasteiger partial charge in [-0.25, -0.2) is 0 Å². The fourth-order valence-electron chi connectivity index (χ4n) is 3.18. The molecule has 0 saturated carbocycles. The van der Waals surface area contributed by atoms with Crippen LogP contribution in [0.2, 0.25) is 10.0 Å². The van der Waals surface area contributed by atoms with E-state index in [2.05, 4.69) is 26.9 Å². The topological polar surface area (TPSA) is 39.9 Å². The minimum absolute atomic E-state index is 0.553. The van der Waals surface area contributed by atoms with Crippen molar-refractivity contribution in [2.24, 2.45) is 0 Å². The first-order chi connectivity index (χ1) is 15.1. The number of nitrogens with zero attached hydrogens (tertiary/aromatic N) is 3. The van der Waals surface area contributed by atoms with Crippen molar-refractivity contribution in [3.05, 3.63) is 99.8 Å². The molecule has 0 N–H and O–H groups in total. The molecule has 31 heavy (non-hydrogen) atoms. The summed E-state index contributed by atoms with van der Waals surface area (Å²) >= 11 is 13.8. The molecule has 1 aromatic heterocycles. The summed E-state index contributed by atoms with van der Waals surface area (Å²) in [5, 5.41) is 10.9. The van der Waals surface area contributed by atoms with Gasteiger partial charge in [0.05, 0.1) is 16.7 Å². The average molecular weight is 470 g/mol. The number of hydrogen-bond donors (Lipinski definition) is 0. The molecule has 4 aromatic rings. The molecule has 4 nitrogen and oxygen atoms in total. The van der Waals surface area contributed by atoms with Crippen molar-refractivity contribution in [3.8, 4) is 11.4 Å². The number of benzene rings is 3. The van der Waals surface area contributed by atoms with Crippen molar-refractivity contribution in [1.29, 1.82) is 0 Å². The van der Waals surface area contributed by atoms with Crippen molar-refractivity contribution in [2.45, 2.75) is 24.3 Å². The van der Waals surface area contributed by atoms with E-state index < -0.39 is 0 Å². The Bertz CT molecular complexity index is 1150. The van der Waals surface area contributed by atoms with Gasteiger partial charge in [-0.05, 0) is 54.4 Å². The van der Waals surface area contributed by atoms with Crippen molar-refractivity contribution >= 4 is 35.0 Å². The van der Waals surface area contributed by atoms with Gasteiger partial charge in [-0.1, -0.05) is 71.4 Å². The maximum atomic E-state index is 6.17. The second-order valence-electron chi connectivity index (χ2n) is 6.86. The zero-order valence-corrected chi connectivity index (χ0v) is 19.3. The minimum atomic E-state index is 0.553. The summed E-state index contributed by atoms with van der Waals surface area (Å²) in [7, 11) is 0. The molecular weight excluding hydrogens is 449 g/mol. The smallest absolute Gasteiger partial charge is 0.196 e. The van der Waals surface area contributed by atoms with Gasteiger partial charge < -0.3 is 4.74 Å². The minimum Gasteiger partial charge on any atom is -0.494 e. The summed E-state index contributed by atoms with van der Waals surface area (Å²) in [4.78, 5) is 0. The SMILES string of the molecule is CCOc1ccc(-n2c(Cc3ccccc3)nnc2SCc2ccc(Cl)c(Cl)c2)cc1. The Labute approximate surface area is 196 Å². The lowest BCUT2D eigenvalue weighted by molar-refractivity contribution is 0.340. The zero-order chi connectivity index (χ0) is 21.6. The molecule has 0 unspecified atom stereocenters. The van der Waals surface area contributed by atoms with Crippen LogP contribution in [0, 0.1) is 0 Å². The molecule has 158 valence electrons. The number of ether oxygens (including phenoxy) is 1. The number of thioether (sulfide) groups is 1. The molecular formula is C24H21Cl2N3OS. The molecule has 4 rings (SSSR count). The Balaban J connectivity index is 1.64. The van der Waals surface area contributed by atoms with Crippen LogP contribution in [-0.4, -0.2) is 21.4 Å². The van der Waals surface area contributed by atoms with Gasteiger partial charge in [0.2, 0.25) is 0 Å². The third kappa shape index (κ3) is 5.42. The first-order valence-corrected chi connectivity index (χ1v) is 11.7. The molecule has 7 heteroatoms. The third-order valence-electron chi connectivity index (χ3n) is 4.66. The van der Waals surface area contributed by atoms with E-state index in [1.807, 2.05) is 67.6 Å². The van der Waals surface area contributed by atoms with Crippen LogP contribution in [0.25, 0.3) is 5.69 Å². The van der Waals surface area contributed by atoms with E-state index in [1.165, 1.54) is 5.56 Å².